The molecule has 0 aromatic carbocycles. The predicted octanol–water partition coefficient (Wildman–Crippen LogP) is 1.06. The van der Waals surface area contributed by atoms with Gasteiger partial charge in [-0.1, -0.05) is 0 Å². The molecule has 114 valence electrons. The first-order chi connectivity index (χ1) is 10.0. The Labute approximate surface area is 129 Å². The number of carbonyl (C=O) groups is 1. The molecule has 0 bridgehead atoms. The summed E-state index contributed by atoms with van der Waals surface area (Å²) < 4.78 is 0. The number of rotatable bonds is 5. The minimum atomic E-state index is -0.0962. The third-order valence-corrected chi connectivity index (χ3v) is 4.95. The van der Waals surface area contributed by atoms with Crippen molar-refractivity contribution in [3.05, 3.63) is 10.4 Å². The molecule has 1 aromatic heterocycles. The molecule has 2 rings (SSSR count). The summed E-state index contributed by atoms with van der Waals surface area (Å²) in [7, 11) is 2.13. The van der Waals surface area contributed by atoms with E-state index in [0.29, 0.717) is 21.1 Å². The Morgan fingerprint density at radius 2 is 2.10 bits per heavy atom. The van der Waals surface area contributed by atoms with Gasteiger partial charge in [0.25, 0.3) is 0 Å². The Kier molecular flexibility index (Phi) is 5.17. The molecule has 0 aliphatic carbocycles. The van der Waals surface area contributed by atoms with Crippen molar-refractivity contribution in [2.24, 2.45) is 0 Å². The quantitative estimate of drug-likeness (QED) is 0.791. The number of nitriles is 1. The van der Waals surface area contributed by atoms with Crippen LogP contribution in [0.3, 0.4) is 0 Å². The number of nitrogens with one attached hydrogen (secondary N) is 1. The van der Waals surface area contributed by atoms with E-state index in [0.717, 1.165) is 39.3 Å². The molecule has 0 spiro atoms. The SMILES string of the molecule is CC(=O)c1sc(NCCN2CCN(C)CC2)c(C#N)c1N. The summed E-state index contributed by atoms with van der Waals surface area (Å²) in [6.45, 7) is 7.44. The minimum absolute atomic E-state index is 0.0962. The molecule has 0 radical (unpaired) electrons. The average Bonchev–Trinajstić information content (AvgIpc) is 2.77. The number of nitrogens with zero attached hydrogens (tertiary/aromatic N) is 3. The molecule has 7 heteroatoms. The first kappa shape index (κ1) is 15.8. The molecule has 21 heavy (non-hydrogen) atoms. The summed E-state index contributed by atoms with van der Waals surface area (Å²) in [5.74, 6) is -0.0962. The number of likely N-dealkylation sites (N-methyl/N-ethyl adjacent to an activating group) is 1. The fraction of sp³-hybridized carbons (Fsp3) is 0.571. The first-order valence-corrected chi connectivity index (χ1v) is 7.82. The Balaban J connectivity index is 1.93. The Morgan fingerprint density at radius 1 is 1.43 bits per heavy atom. The zero-order chi connectivity index (χ0) is 15.4. The fourth-order valence-corrected chi connectivity index (χ4v) is 3.33. The first-order valence-electron chi connectivity index (χ1n) is 7.01. The number of carbonyl (C=O) groups excluding carboxylic acids is 1. The van der Waals surface area contributed by atoms with Crippen molar-refractivity contribution in [3.63, 3.8) is 0 Å². The van der Waals surface area contributed by atoms with Crippen molar-refractivity contribution in [2.75, 3.05) is 57.4 Å². The van der Waals surface area contributed by atoms with Crippen LogP contribution in [0.4, 0.5) is 10.7 Å². The average molecular weight is 307 g/mol. The van der Waals surface area contributed by atoms with Crippen molar-refractivity contribution < 1.29 is 4.79 Å². The summed E-state index contributed by atoms with van der Waals surface area (Å²) in [5.41, 5.74) is 6.55. The Hall–Kier alpha value is -1.62. The smallest absolute Gasteiger partial charge is 0.171 e. The molecule has 1 fully saturated rings. The van der Waals surface area contributed by atoms with Gasteiger partial charge in [0.1, 0.15) is 16.6 Å². The lowest BCUT2D eigenvalue weighted by atomic mass is 10.2. The van der Waals surface area contributed by atoms with Crippen LogP contribution in [-0.4, -0.2) is 61.9 Å². The number of anilines is 2. The lowest BCUT2D eigenvalue weighted by Crippen LogP contribution is -2.45. The largest absolute Gasteiger partial charge is 0.396 e. The van der Waals surface area contributed by atoms with Crippen LogP contribution in [0.25, 0.3) is 0 Å². The van der Waals surface area contributed by atoms with E-state index >= 15 is 0 Å². The van der Waals surface area contributed by atoms with Gasteiger partial charge in [-0.3, -0.25) is 9.69 Å². The molecule has 6 nitrogen and oxygen atoms in total. The monoisotopic (exact) mass is 307 g/mol. The number of ketones is 1. The summed E-state index contributed by atoms with van der Waals surface area (Å²) in [4.78, 5) is 16.7. The number of nitrogen functional groups attached to an aromatic ring is 1. The van der Waals surface area contributed by atoms with E-state index in [-0.39, 0.29) is 5.78 Å². The second kappa shape index (κ2) is 6.89. The molecule has 0 unspecified atom stereocenters. The summed E-state index contributed by atoms with van der Waals surface area (Å²) in [6.07, 6.45) is 0. The van der Waals surface area contributed by atoms with Crippen LogP contribution in [0.2, 0.25) is 0 Å². The number of Topliss-reactive ketones (excluding diaryl/α,β-unsaturated/α-hetero) is 1. The van der Waals surface area contributed by atoms with Gasteiger partial charge in [0, 0.05) is 46.2 Å². The highest BCUT2D eigenvalue weighted by molar-refractivity contribution is 7.18. The summed E-state index contributed by atoms with van der Waals surface area (Å²) >= 11 is 1.27. The van der Waals surface area contributed by atoms with Crippen molar-refractivity contribution in [2.45, 2.75) is 6.92 Å². The van der Waals surface area contributed by atoms with E-state index in [9.17, 15) is 10.1 Å². The summed E-state index contributed by atoms with van der Waals surface area (Å²) in [5, 5.41) is 13.1. The van der Waals surface area contributed by atoms with Crippen LogP contribution < -0.4 is 11.1 Å². The standard InChI is InChI=1S/C14H21N5OS/c1-10(20)13-12(16)11(9-15)14(21-13)17-3-4-19-7-5-18(2)6-8-19/h17H,3-8,16H2,1-2H3. The maximum Gasteiger partial charge on any atom is 0.171 e. The molecule has 1 aliphatic heterocycles. The molecular formula is C14H21N5OS. The molecular weight excluding hydrogens is 286 g/mol. The van der Waals surface area contributed by atoms with Crippen LogP contribution in [0.1, 0.15) is 22.2 Å². The van der Waals surface area contributed by atoms with Crippen molar-refractivity contribution in [3.8, 4) is 6.07 Å². The molecule has 3 N–H and O–H groups in total. The van der Waals surface area contributed by atoms with Gasteiger partial charge in [-0.15, -0.1) is 11.3 Å². The Bertz CT molecular complexity index is 554. The maximum atomic E-state index is 11.5. The van der Waals surface area contributed by atoms with Gasteiger partial charge in [0.15, 0.2) is 5.78 Å². The molecule has 1 saturated heterocycles. The van der Waals surface area contributed by atoms with E-state index in [2.05, 4.69) is 28.2 Å². The molecule has 1 aliphatic rings. The zero-order valence-corrected chi connectivity index (χ0v) is 13.3. The minimum Gasteiger partial charge on any atom is -0.396 e. The second-order valence-electron chi connectivity index (χ2n) is 5.29. The van der Waals surface area contributed by atoms with E-state index in [1.165, 1.54) is 18.3 Å². The van der Waals surface area contributed by atoms with Crippen LogP contribution in [0, 0.1) is 11.3 Å². The van der Waals surface area contributed by atoms with Crippen molar-refractivity contribution in [1.29, 1.82) is 5.26 Å². The molecule has 0 saturated carbocycles. The van der Waals surface area contributed by atoms with Gasteiger partial charge >= 0.3 is 0 Å². The van der Waals surface area contributed by atoms with Crippen molar-refractivity contribution in [1.82, 2.24) is 9.80 Å². The van der Waals surface area contributed by atoms with E-state index in [4.69, 9.17) is 5.73 Å². The van der Waals surface area contributed by atoms with Crippen LogP contribution in [0.15, 0.2) is 0 Å². The van der Waals surface area contributed by atoms with Gasteiger partial charge < -0.3 is 16.0 Å². The van der Waals surface area contributed by atoms with Crippen LogP contribution in [0.5, 0.6) is 0 Å². The van der Waals surface area contributed by atoms with E-state index in [1.807, 2.05) is 0 Å². The maximum absolute atomic E-state index is 11.5. The molecule has 1 aromatic rings. The van der Waals surface area contributed by atoms with E-state index < -0.39 is 0 Å². The number of hydrogen-bond donors (Lipinski definition) is 2. The van der Waals surface area contributed by atoms with Gasteiger partial charge in [-0.25, -0.2) is 0 Å². The van der Waals surface area contributed by atoms with Gasteiger partial charge in [-0.05, 0) is 7.05 Å². The highest BCUT2D eigenvalue weighted by atomic mass is 32.1. The van der Waals surface area contributed by atoms with Crippen LogP contribution in [-0.2, 0) is 0 Å². The third kappa shape index (κ3) is 3.73. The summed E-state index contributed by atoms with van der Waals surface area (Å²) in [6, 6.07) is 2.08. The predicted molar refractivity (Wildman–Crippen MR) is 85.9 cm³/mol. The van der Waals surface area contributed by atoms with E-state index in [1.54, 1.807) is 0 Å². The number of nitrogens with two attached hydrogens (primary N) is 1. The topological polar surface area (TPSA) is 85.4 Å². The molecule has 2 heterocycles. The van der Waals surface area contributed by atoms with Gasteiger partial charge in [-0.2, -0.15) is 5.26 Å². The lowest BCUT2D eigenvalue weighted by Gasteiger charge is -2.32. The third-order valence-electron chi connectivity index (χ3n) is 3.69. The van der Waals surface area contributed by atoms with Crippen molar-refractivity contribution >= 4 is 27.8 Å². The van der Waals surface area contributed by atoms with Gasteiger partial charge in [0.2, 0.25) is 0 Å². The highest BCUT2D eigenvalue weighted by Gasteiger charge is 2.19. The molecule has 0 amide bonds. The van der Waals surface area contributed by atoms with Crippen LogP contribution >= 0.6 is 11.3 Å². The number of thiophene rings is 1. The highest BCUT2D eigenvalue weighted by Crippen LogP contribution is 2.35. The lowest BCUT2D eigenvalue weighted by molar-refractivity contribution is 0.102. The Morgan fingerprint density at radius 3 is 2.67 bits per heavy atom. The number of piperazine rings is 1. The fourth-order valence-electron chi connectivity index (χ4n) is 2.34. The van der Waals surface area contributed by atoms with Gasteiger partial charge in [0.05, 0.1) is 10.6 Å². The second-order valence-corrected chi connectivity index (χ2v) is 6.31. The zero-order valence-electron chi connectivity index (χ0n) is 12.5. The number of hydrogen-bond acceptors (Lipinski definition) is 7. The molecule has 0 atom stereocenters. The normalized spacial score (nSPS) is 16.6.